The Hall–Kier alpha value is -0.960. The lowest BCUT2D eigenvalue weighted by atomic mass is 10.2. The zero-order chi connectivity index (χ0) is 8.55. The van der Waals surface area contributed by atoms with Gasteiger partial charge < -0.3 is 4.42 Å². The maximum atomic E-state index is 5.45. The fraction of sp³-hybridized carbons (Fsp3) is 0.222. The predicted molar refractivity (Wildman–Crippen MR) is 50.5 cm³/mol. The Morgan fingerprint density at radius 3 is 3.00 bits per heavy atom. The largest absolute Gasteiger partial charge is 0.431 e. The molecule has 0 atom stereocenters. The summed E-state index contributed by atoms with van der Waals surface area (Å²) in [7, 11) is 0. The van der Waals surface area contributed by atoms with Crippen molar-refractivity contribution in [1.82, 2.24) is 4.98 Å². The summed E-state index contributed by atoms with van der Waals surface area (Å²) in [5, 5.41) is 0.732. The number of nitrogens with zero attached hydrogens (tertiary/aromatic N) is 1. The number of rotatable bonds is 1. The predicted octanol–water partition coefficient (Wildman–Crippen LogP) is 2.86. The monoisotopic (exact) mass is 179 g/mol. The molecule has 1 aromatic heterocycles. The van der Waals surface area contributed by atoms with Crippen LogP contribution in [0.5, 0.6) is 0 Å². The second-order valence-electron chi connectivity index (χ2n) is 2.66. The van der Waals surface area contributed by atoms with Gasteiger partial charge in [-0.3, -0.25) is 0 Å². The van der Waals surface area contributed by atoms with Gasteiger partial charge in [0.2, 0.25) is 0 Å². The average molecular weight is 179 g/mol. The molecule has 0 radical (unpaired) electrons. The Labute approximate surface area is 75.0 Å². The van der Waals surface area contributed by atoms with Crippen LogP contribution in [0.3, 0.4) is 0 Å². The molecule has 0 N–H and O–H groups in total. The van der Waals surface area contributed by atoms with E-state index in [1.165, 1.54) is 17.3 Å². The molecule has 1 aromatic carbocycles. The topological polar surface area (TPSA) is 26.0 Å². The molecular formula is C9H9NOS. The standard InChI is InChI=1S/C9H9NOS/c1-6-3-4-7-8(5-6)11-9(10-7)12-2/h3-5H,1-2H3. The highest BCUT2D eigenvalue weighted by molar-refractivity contribution is 7.98. The highest BCUT2D eigenvalue weighted by Crippen LogP contribution is 2.21. The van der Waals surface area contributed by atoms with E-state index in [-0.39, 0.29) is 0 Å². The van der Waals surface area contributed by atoms with Gasteiger partial charge in [-0.05, 0) is 30.9 Å². The van der Waals surface area contributed by atoms with E-state index in [0.29, 0.717) is 0 Å². The minimum atomic E-state index is 0.732. The molecule has 2 rings (SSSR count). The Bertz CT molecular complexity index is 408. The van der Waals surface area contributed by atoms with Gasteiger partial charge in [-0.1, -0.05) is 17.8 Å². The Morgan fingerprint density at radius 2 is 2.25 bits per heavy atom. The van der Waals surface area contributed by atoms with Crippen LogP contribution in [0.15, 0.2) is 27.8 Å². The first-order valence-corrected chi connectivity index (χ1v) is 4.93. The number of aromatic nitrogens is 1. The fourth-order valence-electron chi connectivity index (χ4n) is 1.10. The molecule has 0 bridgehead atoms. The molecule has 1 heterocycles. The number of hydrogen-bond donors (Lipinski definition) is 0. The van der Waals surface area contributed by atoms with Crippen LogP contribution in [0.2, 0.25) is 0 Å². The number of fused-ring (bicyclic) bond motifs is 1. The second-order valence-corrected chi connectivity index (χ2v) is 3.41. The average Bonchev–Trinajstić information content (AvgIpc) is 2.46. The van der Waals surface area contributed by atoms with Crippen LogP contribution in [0, 0.1) is 6.92 Å². The first-order chi connectivity index (χ1) is 5.79. The van der Waals surface area contributed by atoms with Crippen molar-refractivity contribution in [1.29, 1.82) is 0 Å². The molecule has 0 aliphatic rings. The summed E-state index contributed by atoms with van der Waals surface area (Å²) < 4.78 is 5.45. The highest BCUT2D eigenvalue weighted by atomic mass is 32.2. The lowest BCUT2D eigenvalue weighted by Crippen LogP contribution is -1.70. The summed E-state index contributed by atoms with van der Waals surface area (Å²) in [5.41, 5.74) is 3.01. The smallest absolute Gasteiger partial charge is 0.256 e. The minimum absolute atomic E-state index is 0.732. The highest BCUT2D eigenvalue weighted by Gasteiger charge is 2.02. The number of thioether (sulfide) groups is 1. The lowest BCUT2D eigenvalue weighted by Gasteiger charge is -1.87. The molecule has 2 aromatic rings. The Kier molecular flexibility index (Phi) is 1.81. The quantitative estimate of drug-likeness (QED) is 0.629. The van der Waals surface area contributed by atoms with Crippen LogP contribution in [-0.2, 0) is 0 Å². The normalized spacial score (nSPS) is 10.8. The zero-order valence-electron chi connectivity index (χ0n) is 7.00. The van der Waals surface area contributed by atoms with Gasteiger partial charge >= 0.3 is 0 Å². The third-order valence-electron chi connectivity index (χ3n) is 1.70. The van der Waals surface area contributed by atoms with Crippen LogP contribution in [-0.4, -0.2) is 11.2 Å². The molecule has 0 saturated carbocycles. The van der Waals surface area contributed by atoms with Gasteiger partial charge in [0.1, 0.15) is 5.52 Å². The molecule has 3 heteroatoms. The van der Waals surface area contributed by atoms with Crippen molar-refractivity contribution >= 4 is 22.9 Å². The van der Waals surface area contributed by atoms with Gasteiger partial charge in [0.15, 0.2) is 5.58 Å². The van der Waals surface area contributed by atoms with E-state index in [0.717, 1.165) is 16.3 Å². The van der Waals surface area contributed by atoms with Gasteiger partial charge in [-0.2, -0.15) is 0 Å². The molecule has 62 valence electrons. The maximum Gasteiger partial charge on any atom is 0.256 e. The number of benzene rings is 1. The SMILES string of the molecule is CSc1nc2ccc(C)cc2o1. The van der Waals surface area contributed by atoms with E-state index in [1.807, 2.05) is 31.4 Å². The van der Waals surface area contributed by atoms with Gasteiger partial charge in [0, 0.05) is 0 Å². The Balaban J connectivity index is 2.67. The molecule has 2 nitrogen and oxygen atoms in total. The summed E-state index contributed by atoms with van der Waals surface area (Å²) in [6.07, 6.45) is 1.96. The van der Waals surface area contributed by atoms with Gasteiger partial charge in [-0.15, -0.1) is 0 Å². The number of oxazole rings is 1. The minimum Gasteiger partial charge on any atom is -0.431 e. The molecule has 0 aliphatic heterocycles. The number of hydrogen-bond acceptors (Lipinski definition) is 3. The summed E-state index contributed by atoms with van der Waals surface area (Å²) in [5.74, 6) is 0. The first kappa shape index (κ1) is 7.68. The zero-order valence-corrected chi connectivity index (χ0v) is 7.81. The fourth-order valence-corrected chi connectivity index (χ4v) is 1.46. The third-order valence-corrected chi connectivity index (χ3v) is 2.22. The lowest BCUT2D eigenvalue weighted by molar-refractivity contribution is 0.490. The van der Waals surface area contributed by atoms with Gasteiger partial charge in [0.25, 0.3) is 5.22 Å². The van der Waals surface area contributed by atoms with Crippen molar-refractivity contribution in [2.45, 2.75) is 12.1 Å². The number of aryl methyl sites for hydroxylation is 1. The van der Waals surface area contributed by atoms with Crippen molar-refractivity contribution in [2.24, 2.45) is 0 Å². The van der Waals surface area contributed by atoms with Gasteiger partial charge in [0.05, 0.1) is 0 Å². The molecule has 12 heavy (non-hydrogen) atoms. The Morgan fingerprint density at radius 1 is 1.42 bits per heavy atom. The van der Waals surface area contributed by atoms with Crippen molar-refractivity contribution in [3.8, 4) is 0 Å². The summed E-state index contributed by atoms with van der Waals surface area (Å²) in [6.45, 7) is 2.04. The van der Waals surface area contributed by atoms with E-state index in [1.54, 1.807) is 0 Å². The summed E-state index contributed by atoms with van der Waals surface area (Å²) >= 11 is 1.52. The summed E-state index contributed by atoms with van der Waals surface area (Å²) in [6, 6.07) is 6.02. The summed E-state index contributed by atoms with van der Waals surface area (Å²) in [4.78, 5) is 4.27. The van der Waals surface area contributed by atoms with E-state index >= 15 is 0 Å². The molecule has 0 saturated heterocycles. The molecule has 0 amide bonds. The van der Waals surface area contributed by atoms with Crippen molar-refractivity contribution in [3.63, 3.8) is 0 Å². The first-order valence-electron chi connectivity index (χ1n) is 3.71. The van der Waals surface area contributed by atoms with E-state index < -0.39 is 0 Å². The molecule has 0 fully saturated rings. The molecule has 0 spiro atoms. The van der Waals surface area contributed by atoms with Crippen molar-refractivity contribution in [3.05, 3.63) is 23.8 Å². The van der Waals surface area contributed by atoms with Crippen LogP contribution in [0.25, 0.3) is 11.1 Å². The van der Waals surface area contributed by atoms with Crippen molar-refractivity contribution < 1.29 is 4.42 Å². The van der Waals surface area contributed by atoms with E-state index in [9.17, 15) is 0 Å². The van der Waals surface area contributed by atoms with E-state index in [2.05, 4.69) is 4.98 Å². The van der Waals surface area contributed by atoms with Crippen LogP contribution < -0.4 is 0 Å². The maximum absolute atomic E-state index is 5.45. The van der Waals surface area contributed by atoms with Crippen molar-refractivity contribution in [2.75, 3.05) is 6.26 Å². The molecular weight excluding hydrogens is 170 g/mol. The van der Waals surface area contributed by atoms with Crippen LogP contribution >= 0.6 is 11.8 Å². The third kappa shape index (κ3) is 1.20. The molecule has 0 unspecified atom stereocenters. The second kappa shape index (κ2) is 2.83. The van der Waals surface area contributed by atoms with E-state index in [4.69, 9.17) is 4.42 Å². The van der Waals surface area contributed by atoms with Gasteiger partial charge in [-0.25, -0.2) is 4.98 Å². The van der Waals surface area contributed by atoms with Crippen LogP contribution in [0.1, 0.15) is 5.56 Å². The molecule has 0 aliphatic carbocycles. The van der Waals surface area contributed by atoms with Crippen LogP contribution in [0.4, 0.5) is 0 Å².